The zero-order valence-corrected chi connectivity index (χ0v) is 10.2. The Balaban J connectivity index is 2.19. The van der Waals surface area contributed by atoms with Gasteiger partial charge in [0.25, 0.3) is 0 Å². The van der Waals surface area contributed by atoms with Gasteiger partial charge in [0.2, 0.25) is 5.88 Å². The first-order valence-electron chi connectivity index (χ1n) is 5.61. The van der Waals surface area contributed by atoms with E-state index in [1.165, 1.54) is 18.3 Å². The van der Waals surface area contributed by atoms with Crippen LogP contribution in [0.5, 0.6) is 11.6 Å². The molecule has 0 amide bonds. The largest absolute Gasteiger partial charge is 0.436 e. The minimum Gasteiger partial charge on any atom is -0.436 e. The Morgan fingerprint density at radius 1 is 1.37 bits per heavy atom. The lowest BCUT2D eigenvalue weighted by atomic mass is 10.2. The number of benzene rings is 1. The number of halogens is 1. The molecular formula is C14H11FN2O2. The van der Waals surface area contributed by atoms with Crippen LogP contribution < -0.4 is 4.74 Å². The third-order valence-electron chi connectivity index (χ3n) is 2.52. The van der Waals surface area contributed by atoms with Gasteiger partial charge in [0.1, 0.15) is 0 Å². The number of hydrogen-bond acceptors (Lipinski definition) is 4. The molecule has 96 valence electrons. The predicted octanol–water partition coefficient (Wildman–Crippen LogP) is 2.94. The van der Waals surface area contributed by atoms with Crippen molar-refractivity contribution in [2.75, 3.05) is 0 Å². The van der Waals surface area contributed by atoms with Crippen molar-refractivity contribution in [3.63, 3.8) is 0 Å². The van der Waals surface area contributed by atoms with E-state index in [1.807, 2.05) is 6.07 Å². The number of ether oxygens (including phenoxy) is 1. The van der Waals surface area contributed by atoms with E-state index in [2.05, 4.69) is 4.98 Å². The fourth-order valence-corrected chi connectivity index (χ4v) is 1.47. The van der Waals surface area contributed by atoms with Crippen LogP contribution in [0.4, 0.5) is 4.39 Å². The highest BCUT2D eigenvalue weighted by Crippen LogP contribution is 2.24. The SMILES string of the molecule is C[C@@H](O)c1ccc(Oc2ccc(C#N)cc2F)nc1. The number of nitriles is 1. The van der Waals surface area contributed by atoms with Crippen LogP contribution in [0.15, 0.2) is 36.5 Å². The number of hydrogen-bond donors (Lipinski definition) is 1. The summed E-state index contributed by atoms with van der Waals surface area (Å²) in [6, 6.07) is 8.96. The van der Waals surface area contributed by atoms with Gasteiger partial charge in [-0.3, -0.25) is 0 Å². The lowest BCUT2D eigenvalue weighted by Crippen LogP contribution is -1.95. The van der Waals surface area contributed by atoms with Crippen molar-refractivity contribution in [3.8, 4) is 17.7 Å². The lowest BCUT2D eigenvalue weighted by Gasteiger charge is -2.07. The molecule has 0 saturated carbocycles. The van der Waals surface area contributed by atoms with Crippen LogP contribution in [0.25, 0.3) is 0 Å². The minimum absolute atomic E-state index is 0.00343. The van der Waals surface area contributed by atoms with E-state index < -0.39 is 11.9 Å². The summed E-state index contributed by atoms with van der Waals surface area (Å²) in [6.07, 6.45) is 0.842. The van der Waals surface area contributed by atoms with Crippen molar-refractivity contribution in [1.82, 2.24) is 4.98 Å². The first kappa shape index (κ1) is 13.0. The summed E-state index contributed by atoms with van der Waals surface area (Å²) in [5.74, 6) is -0.412. The Labute approximate surface area is 109 Å². The summed E-state index contributed by atoms with van der Waals surface area (Å²) < 4.78 is 18.9. The molecule has 0 unspecified atom stereocenters. The Hall–Kier alpha value is -2.45. The van der Waals surface area contributed by atoms with Crippen LogP contribution >= 0.6 is 0 Å². The molecule has 0 aliphatic heterocycles. The van der Waals surface area contributed by atoms with E-state index >= 15 is 0 Å². The van der Waals surface area contributed by atoms with Crippen molar-refractivity contribution in [3.05, 3.63) is 53.5 Å². The van der Waals surface area contributed by atoms with E-state index in [9.17, 15) is 9.50 Å². The minimum atomic E-state index is -0.625. The monoisotopic (exact) mass is 258 g/mol. The Bertz CT molecular complexity index is 618. The highest BCUT2D eigenvalue weighted by atomic mass is 19.1. The molecule has 0 saturated heterocycles. The number of rotatable bonds is 3. The van der Waals surface area contributed by atoms with E-state index in [0.717, 1.165) is 6.07 Å². The standard InChI is InChI=1S/C14H11FN2O2/c1-9(18)11-3-5-14(17-8-11)19-13-4-2-10(7-16)6-12(13)15/h2-6,8-9,18H,1H3/t9-/m1/s1. The molecule has 0 radical (unpaired) electrons. The summed E-state index contributed by atoms with van der Waals surface area (Å²) >= 11 is 0. The molecule has 5 heteroatoms. The van der Waals surface area contributed by atoms with Crippen LogP contribution in [0.1, 0.15) is 24.2 Å². The molecule has 2 aromatic rings. The van der Waals surface area contributed by atoms with Crippen molar-refractivity contribution in [1.29, 1.82) is 5.26 Å². The highest BCUT2D eigenvalue weighted by molar-refractivity contribution is 5.37. The van der Waals surface area contributed by atoms with Gasteiger partial charge >= 0.3 is 0 Å². The van der Waals surface area contributed by atoms with Gasteiger partial charge < -0.3 is 9.84 Å². The van der Waals surface area contributed by atoms with Gasteiger partial charge in [0.05, 0.1) is 17.7 Å². The maximum atomic E-state index is 13.6. The van der Waals surface area contributed by atoms with Crippen LogP contribution in [0.2, 0.25) is 0 Å². The third-order valence-corrected chi connectivity index (χ3v) is 2.52. The maximum Gasteiger partial charge on any atom is 0.219 e. The highest BCUT2D eigenvalue weighted by Gasteiger charge is 2.07. The molecule has 4 nitrogen and oxygen atoms in total. The molecule has 19 heavy (non-hydrogen) atoms. The van der Waals surface area contributed by atoms with Gasteiger partial charge in [0.15, 0.2) is 11.6 Å². The average molecular weight is 258 g/mol. The van der Waals surface area contributed by atoms with E-state index in [-0.39, 0.29) is 17.2 Å². The Morgan fingerprint density at radius 3 is 2.68 bits per heavy atom. The fourth-order valence-electron chi connectivity index (χ4n) is 1.47. The maximum absolute atomic E-state index is 13.6. The van der Waals surface area contributed by atoms with Gasteiger partial charge in [-0.25, -0.2) is 9.37 Å². The number of aliphatic hydroxyl groups excluding tert-OH is 1. The summed E-state index contributed by atoms with van der Waals surface area (Å²) in [6.45, 7) is 1.62. The van der Waals surface area contributed by atoms with E-state index in [0.29, 0.717) is 5.56 Å². The molecule has 1 aromatic heterocycles. The van der Waals surface area contributed by atoms with Gasteiger partial charge in [-0.1, -0.05) is 0 Å². The molecule has 0 aliphatic rings. The van der Waals surface area contributed by atoms with Crippen molar-refractivity contribution < 1.29 is 14.2 Å². The zero-order chi connectivity index (χ0) is 13.8. The van der Waals surface area contributed by atoms with Gasteiger partial charge in [0, 0.05) is 12.3 Å². The summed E-state index contributed by atoms with van der Waals surface area (Å²) in [5.41, 5.74) is 0.870. The molecule has 1 heterocycles. The molecular weight excluding hydrogens is 247 g/mol. The summed E-state index contributed by atoms with van der Waals surface area (Å²) in [5, 5.41) is 18.0. The van der Waals surface area contributed by atoms with Crippen molar-refractivity contribution in [2.24, 2.45) is 0 Å². The normalized spacial score (nSPS) is 11.7. The predicted molar refractivity (Wildman–Crippen MR) is 66.1 cm³/mol. The number of pyridine rings is 1. The van der Waals surface area contributed by atoms with E-state index in [1.54, 1.807) is 19.1 Å². The van der Waals surface area contributed by atoms with Crippen molar-refractivity contribution in [2.45, 2.75) is 13.0 Å². The van der Waals surface area contributed by atoms with Gasteiger partial charge in [-0.15, -0.1) is 0 Å². The topological polar surface area (TPSA) is 66.1 Å². The Morgan fingerprint density at radius 2 is 2.16 bits per heavy atom. The molecule has 0 aliphatic carbocycles. The second-order valence-corrected chi connectivity index (χ2v) is 3.96. The number of nitrogens with zero attached hydrogens (tertiary/aromatic N) is 2. The molecule has 1 N–H and O–H groups in total. The summed E-state index contributed by atoms with van der Waals surface area (Å²) in [7, 11) is 0. The fraction of sp³-hybridized carbons (Fsp3) is 0.143. The first-order chi connectivity index (χ1) is 9.10. The molecule has 0 bridgehead atoms. The molecule has 1 atom stereocenters. The molecule has 1 aromatic carbocycles. The zero-order valence-electron chi connectivity index (χ0n) is 10.2. The van der Waals surface area contributed by atoms with Crippen LogP contribution in [-0.4, -0.2) is 10.1 Å². The molecule has 2 rings (SSSR count). The second kappa shape index (κ2) is 5.46. The smallest absolute Gasteiger partial charge is 0.219 e. The van der Waals surface area contributed by atoms with Crippen LogP contribution in [0.3, 0.4) is 0 Å². The lowest BCUT2D eigenvalue weighted by molar-refractivity contribution is 0.198. The first-order valence-corrected chi connectivity index (χ1v) is 5.61. The molecule has 0 spiro atoms. The van der Waals surface area contributed by atoms with Crippen LogP contribution in [-0.2, 0) is 0 Å². The van der Waals surface area contributed by atoms with E-state index in [4.69, 9.17) is 10.00 Å². The number of aromatic nitrogens is 1. The Kier molecular flexibility index (Phi) is 3.74. The average Bonchev–Trinajstić information content (AvgIpc) is 2.41. The summed E-state index contributed by atoms with van der Waals surface area (Å²) in [4.78, 5) is 3.97. The van der Waals surface area contributed by atoms with Crippen molar-refractivity contribution >= 4 is 0 Å². The molecule has 0 fully saturated rings. The second-order valence-electron chi connectivity index (χ2n) is 3.96. The van der Waals surface area contributed by atoms with Gasteiger partial charge in [-0.2, -0.15) is 5.26 Å². The van der Waals surface area contributed by atoms with Crippen LogP contribution in [0, 0.1) is 17.1 Å². The number of aliphatic hydroxyl groups is 1. The quantitative estimate of drug-likeness (QED) is 0.919. The van der Waals surface area contributed by atoms with Gasteiger partial charge in [-0.05, 0) is 36.8 Å². The third kappa shape index (κ3) is 3.06.